The zero-order valence-electron chi connectivity index (χ0n) is 13.6. The topological polar surface area (TPSA) is 63.2 Å². The zero-order valence-corrected chi connectivity index (χ0v) is 14.4. The summed E-state index contributed by atoms with van der Waals surface area (Å²) in [4.78, 5) is 17.3. The van der Waals surface area contributed by atoms with Crippen LogP contribution in [0.4, 0.5) is 0 Å². The van der Waals surface area contributed by atoms with E-state index >= 15 is 0 Å². The molecule has 0 radical (unpaired) electrons. The van der Waals surface area contributed by atoms with Crippen molar-refractivity contribution in [1.82, 2.24) is 15.6 Å². The minimum atomic E-state index is -0.687. The summed E-state index contributed by atoms with van der Waals surface area (Å²) in [6, 6.07) is 8.15. The fourth-order valence-electron chi connectivity index (χ4n) is 3.03. The van der Waals surface area contributed by atoms with Gasteiger partial charge in [-0.1, -0.05) is 12.1 Å². The molecule has 1 aliphatic rings. The predicted octanol–water partition coefficient (Wildman–Crippen LogP) is 2.11. The first-order chi connectivity index (χ1) is 11.1. The Morgan fingerprint density at radius 3 is 2.87 bits per heavy atom. The van der Waals surface area contributed by atoms with Gasteiger partial charge in [-0.15, -0.1) is 11.3 Å². The monoisotopic (exact) mass is 333 g/mol. The number of hydrogen-bond donors (Lipinski definition) is 2. The van der Waals surface area contributed by atoms with E-state index in [-0.39, 0.29) is 11.9 Å². The van der Waals surface area contributed by atoms with Gasteiger partial charge in [0.1, 0.15) is 5.60 Å². The van der Waals surface area contributed by atoms with E-state index in [9.17, 15) is 4.79 Å². The Kier molecular flexibility index (Phi) is 4.94. The van der Waals surface area contributed by atoms with Gasteiger partial charge in [-0.05, 0) is 45.0 Å². The maximum atomic E-state index is 12.6. The van der Waals surface area contributed by atoms with Crippen LogP contribution in [0.2, 0.25) is 0 Å². The summed E-state index contributed by atoms with van der Waals surface area (Å²) in [5.74, 6) is -0.00453. The second-order valence-corrected chi connectivity index (χ2v) is 7.22. The zero-order chi connectivity index (χ0) is 16.3. The number of aromatic nitrogens is 1. The van der Waals surface area contributed by atoms with Gasteiger partial charge in [0, 0.05) is 19.6 Å². The molecule has 0 bridgehead atoms. The van der Waals surface area contributed by atoms with E-state index in [2.05, 4.69) is 21.7 Å². The van der Waals surface area contributed by atoms with E-state index in [0.29, 0.717) is 12.8 Å². The first-order valence-electron chi connectivity index (χ1n) is 8.04. The number of rotatable bonds is 5. The van der Waals surface area contributed by atoms with Gasteiger partial charge >= 0.3 is 0 Å². The number of amides is 1. The van der Waals surface area contributed by atoms with Crippen molar-refractivity contribution in [2.24, 2.45) is 0 Å². The molecule has 1 aliphatic heterocycles. The molecule has 2 aromatic rings. The van der Waals surface area contributed by atoms with Gasteiger partial charge < -0.3 is 15.4 Å². The lowest BCUT2D eigenvalue weighted by atomic mass is 9.90. The van der Waals surface area contributed by atoms with Crippen LogP contribution in [0.1, 0.15) is 24.8 Å². The molecule has 0 saturated carbocycles. The smallest absolute Gasteiger partial charge is 0.252 e. The van der Waals surface area contributed by atoms with Crippen LogP contribution in [-0.2, 0) is 16.0 Å². The lowest BCUT2D eigenvalue weighted by Gasteiger charge is -2.35. The Bertz CT molecular complexity index is 646. The highest BCUT2D eigenvalue weighted by Crippen LogP contribution is 2.24. The van der Waals surface area contributed by atoms with Crippen LogP contribution >= 0.6 is 11.3 Å². The number of nitrogens with one attached hydrogen (secondary N) is 2. The van der Waals surface area contributed by atoms with Gasteiger partial charge in [-0.3, -0.25) is 4.79 Å². The number of hydrogen-bond acceptors (Lipinski definition) is 5. The highest BCUT2D eigenvalue weighted by atomic mass is 32.1. The third-order valence-corrected chi connectivity index (χ3v) is 5.47. The fourth-order valence-corrected chi connectivity index (χ4v) is 4.13. The fraction of sp³-hybridized carbons (Fsp3) is 0.529. The van der Waals surface area contributed by atoms with Crippen molar-refractivity contribution in [3.63, 3.8) is 0 Å². The maximum Gasteiger partial charge on any atom is 0.252 e. The summed E-state index contributed by atoms with van der Waals surface area (Å²) in [6.07, 6.45) is 2.16. The summed E-state index contributed by atoms with van der Waals surface area (Å²) < 4.78 is 6.76. The molecule has 1 unspecified atom stereocenters. The average molecular weight is 333 g/mol. The minimum absolute atomic E-state index is 0.00453. The van der Waals surface area contributed by atoms with E-state index < -0.39 is 5.60 Å². The molecule has 2 heterocycles. The Labute approximate surface area is 140 Å². The summed E-state index contributed by atoms with van der Waals surface area (Å²) >= 11 is 1.69. The Balaban J connectivity index is 1.64. The van der Waals surface area contributed by atoms with Crippen molar-refractivity contribution in [2.75, 3.05) is 20.2 Å². The molecule has 6 heteroatoms. The van der Waals surface area contributed by atoms with Crippen molar-refractivity contribution in [3.8, 4) is 0 Å². The molecule has 0 aliphatic carbocycles. The summed E-state index contributed by atoms with van der Waals surface area (Å²) in [6.45, 7) is 3.65. The van der Waals surface area contributed by atoms with Crippen LogP contribution < -0.4 is 10.6 Å². The number of para-hydroxylation sites is 1. The van der Waals surface area contributed by atoms with Gasteiger partial charge in [0.25, 0.3) is 5.91 Å². The number of thiazole rings is 1. The largest absolute Gasteiger partial charge is 0.368 e. The number of fused-ring (bicyclic) bond motifs is 1. The van der Waals surface area contributed by atoms with E-state index in [1.807, 2.05) is 25.1 Å². The highest BCUT2D eigenvalue weighted by Gasteiger charge is 2.40. The standard InChI is InChI=1S/C17H23N3O2S/c1-12(11-15-20-13-5-3-4-6-14(13)23-15)19-16(21)17(22-2)7-9-18-10-8-17/h3-6,12,18H,7-11H2,1-2H3,(H,19,21). The number of nitrogens with zero attached hydrogens (tertiary/aromatic N) is 1. The molecule has 1 fully saturated rings. The van der Waals surface area contributed by atoms with Crippen LogP contribution in [0.3, 0.4) is 0 Å². The maximum absolute atomic E-state index is 12.6. The van der Waals surface area contributed by atoms with E-state index in [1.54, 1.807) is 18.4 Å². The Morgan fingerprint density at radius 1 is 1.43 bits per heavy atom. The molecule has 1 saturated heterocycles. The first-order valence-corrected chi connectivity index (χ1v) is 8.86. The van der Waals surface area contributed by atoms with Crippen LogP contribution in [0.5, 0.6) is 0 Å². The second-order valence-electron chi connectivity index (χ2n) is 6.10. The molecule has 0 spiro atoms. The molecular formula is C17H23N3O2S. The molecule has 3 rings (SSSR count). The third kappa shape index (κ3) is 3.54. The second kappa shape index (κ2) is 6.95. The summed E-state index contributed by atoms with van der Waals surface area (Å²) in [5, 5.41) is 7.43. The summed E-state index contributed by atoms with van der Waals surface area (Å²) in [5.41, 5.74) is 0.338. The van der Waals surface area contributed by atoms with Crippen molar-refractivity contribution < 1.29 is 9.53 Å². The Morgan fingerprint density at radius 2 is 2.17 bits per heavy atom. The Hall–Kier alpha value is -1.50. The summed E-state index contributed by atoms with van der Waals surface area (Å²) in [7, 11) is 1.63. The van der Waals surface area contributed by atoms with Gasteiger partial charge in [-0.25, -0.2) is 4.98 Å². The van der Waals surface area contributed by atoms with Gasteiger partial charge in [0.2, 0.25) is 0 Å². The lowest BCUT2D eigenvalue weighted by Crippen LogP contribution is -2.55. The van der Waals surface area contributed by atoms with Gasteiger partial charge in [0.05, 0.1) is 15.2 Å². The molecule has 1 amide bonds. The first kappa shape index (κ1) is 16.4. The minimum Gasteiger partial charge on any atom is -0.368 e. The molecule has 124 valence electrons. The van der Waals surface area contributed by atoms with E-state index in [1.165, 1.54) is 4.70 Å². The van der Waals surface area contributed by atoms with Gasteiger partial charge in [0.15, 0.2) is 0 Å². The quantitative estimate of drug-likeness (QED) is 0.880. The van der Waals surface area contributed by atoms with Crippen LogP contribution in [0, 0.1) is 0 Å². The number of carbonyl (C=O) groups excluding carboxylic acids is 1. The van der Waals surface area contributed by atoms with Crippen molar-refractivity contribution in [3.05, 3.63) is 29.3 Å². The van der Waals surface area contributed by atoms with E-state index in [4.69, 9.17) is 4.74 Å². The number of ether oxygens (including phenoxy) is 1. The predicted molar refractivity (Wildman–Crippen MR) is 92.8 cm³/mol. The van der Waals surface area contributed by atoms with Crippen molar-refractivity contribution >= 4 is 27.5 Å². The number of piperidine rings is 1. The number of carbonyl (C=O) groups is 1. The number of methoxy groups -OCH3 is 1. The molecule has 1 aromatic heterocycles. The van der Waals surface area contributed by atoms with E-state index in [0.717, 1.165) is 30.0 Å². The highest BCUT2D eigenvalue weighted by molar-refractivity contribution is 7.18. The lowest BCUT2D eigenvalue weighted by molar-refractivity contribution is -0.147. The van der Waals surface area contributed by atoms with Crippen LogP contribution in [-0.4, -0.2) is 42.7 Å². The van der Waals surface area contributed by atoms with Crippen molar-refractivity contribution in [1.29, 1.82) is 0 Å². The molecule has 1 aromatic carbocycles. The molecule has 23 heavy (non-hydrogen) atoms. The number of benzene rings is 1. The SMILES string of the molecule is COC1(C(=O)NC(C)Cc2nc3ccccc3s2)CCNCC1. The molecule has 1 atom stereocenters. The van der Waals surface area contributed by atoms with Crippen molar-refractivity contribution in [2.45, 2.75) is 37.8 Å². The molecule has 5 nitrogen and oxygen atoms in total. The third-order valence-electron chi connectivity index (χ3n) is 4.41. The molecule has 2 N–H and O–H groups in total. The molecular weight excluding hydrogens is 310 g/mol. The average Bonchev–Trinajstić information content (AvgIpc) is 2.97. The van der Waals surface area contributed by atoms with Gasteiger partial charge in [-0.2, -0.15) is 0 Å². The normalized spacial score (nSPS) is 18.7. The van der Waals surface area contributed by atoms with Crippen LogP contribution in [0.25, 0.3) is 10.2 Å². The van der Waals surface area contributed by atoms with Crippen LogP contribution in [0.15, 0.2) is 24.3 Å².